The van der Waals surface area contributed by atoms with E-state index in [9.17, 15) is 9.59 Å². The molecule has 0 radical (unpaired) electrons. The molecule has 1 aromatic rings. The van der Waals surface area contributed by atoms with E-state index in [-0.39, 0.29) is 18.4 Å². The summed E-state index contributed by atoms with van der Waals surface area (Å²) in [7, 11) is 0. The van der Waals surface area contributed by atoms with Crippen LogP contribution < -0.4 is 5.32 Å². The predicted octanol–water partition coefficient (Wildman–Crippen LogP) is 2.55. The molecule has 0 fully saturated rings. The number of hydrogen-bond donors (Lipinski definition) is 1. The minimum atomic E-state index is -0.776. The van der Waals surface area contributed by atoms with Crippen LogP contribution in [0.25, 0.3) is 0 Å². The molecule has 0 aliphatic carbocycles. The molecule has 0 aromatic heterocycles. The second-order valence-electron chi connectivity index (χ2n) is 4.93. The third-order valence-corrected chi connectivity index (χ3v) is 2.93. The number of benzene rings is 1. The van der Waals surface area contributed by atoms with Gasteiger partial charge in [-0.15, -0.1) is 0 Å². The first-order chi connectivity index (χ1) is 9.93. The maximum atomic E-state index is 12.1. The number of carbonyl (C=O) groups excluding carboxylic acids is 2. The maximum Gasteiger partial charge on any atom is 0.329 e. The molecule has 0 bridgehead atoms. The van der Waals surface area contributed by atoms with Crippen LogP contribution >= 0.6 is 11.6 Å². The lowest BCUT2D eigenvalue weighted by Crippen LogP contribution is -2.42. The third kappa shape index (κ3) is 5.84. The Morgan fingerprint density at radius 3 is 2.48 bits per heavy atom. The van der Waals surface area contributed by atoms with E-state index in [0.29, 0.717) is 17.0 Å². The average molecular weight is 309 g/mol. The van der Waals surface area contributed by atoms with Gasteiger partial charge in [0.15, 0.2) is 6.61 Å². The van der Waals surface area contributed by atoms with E-state index in [1.165, 1.54) is 0 Å². The Balaban J connectivity index is 2.75. The number of amides is 1. The summed E-state index contributed by atoms with van der Waals surface area (Å²) in [5.74, 6) is -0.797. The SMILES string of the molecule is CC(C)C[C@H](NC(=O)c1ccc(Cl)cc1)C(=O)OCC#N. The highest BCUT2D eigenvalue weighted by Crippen LogP contribution is 2.11. The van der Waals surface area contributed by atoms with Gasteiger partial charge in [0.1, 0.15) is 12.1 Å². The molecule has 5 nitrogen and oxygen atoms in total. The largest absolute Gasteiger partial charge is 0.449 e. The van der Waals surface area contributed by atoms with Gasteiger partial charge in [-0.05, 0) is 36.6 Å². The van der Waals surface area contributed by atoms with Crippen LogP contribution in [0.3, 0.4) is 0 Å². The number of carbonyl (C=O) groups is 2. The lowest BCUT2D eigenvalue weighted by Gasteiger charge is -2.18. The van der Waals surface area contributed by atoms with Gasteiger partial charge in [-0.3, -0.25) is 4.79 Å². The Labute approximate surface area is 128 Å². The van der Waals surface area contributed by atoms with Crippen molar-refractivity contribution in [2.24, 2.45) is 5.92 Å². The number of nitrogens with one attached hydrogen (secondary N) is 1. The number of nitrogens with zero attached hydrogens (tertiary/aromatic N) is 1. The molecule has 0 heterocycles. The second kappa shape index (κ2) is 8.28. The van der Waals surface area contributed by atoms with Gasteiger partial charge < -0.3 is 10.1 Å². The molecule has 21 heavy (non-hydrogen) atoms. The normalized spacial score (nSPS) is 11.6. The zero-order valence-electron chi connectivity index (χ0n) is 11.9. The summed E-state index contributed by atoms with van der Waals surface area (Å²) in [6.45, 7) is 3.53. The van der Waals surface area contributed by atoms with Crippen molar-refractivity contribution in [3.05, 3.63) is 34.9 Å². The van der Waals surface area contributed by atoms with E-state index < -0.39 is 12.0 Å². The topological polar surface area (TPSA) is 79.2 Å². The first-order valence-electron chi connectivity index (χ1n) is 6.54. The standard InChI is InChI=1S/C15H17ClN2O3/c1-10(2)9-13(15(20)21-8-7-17)18-14(19)11-3-5-12(16)6-4-11/h3-6,10,13H,8-9H2,1-2H3,(H,18,19)/t13-/m0/s1. The average Bonchev–Trinajstić information content (AvgIpc) is 2.44. The van der Waals surface area contributed by atoms with Crippen molar-refractivity contribution in [3.63, 3.8) is 0 Å². The van der Waals surface area contributed by atoms with Crippen molar-refractivity contribution < 1.29 is 14.3 Å². The van der Waals surface area contributed by atoms with Crippen molar-refractivity contribution in [2.45, 2.75) is 26.3 Å². The smallest absolute Gasteiger partial charge is 0.329 e. The van der Waals surface area contributed by atoms with E-state index in [1.807, 2.05) is 13.8 Å². The lowest BCUT2D eigenvalue weighted by molar-refractivity contribution is -0.144. The molecule has 0 saturated carbocycles. The first kappa shape index (κ1) is 17.0. The molecular formula is C15H17ClN2O3. The molecule has 0 unspecified atom stereocenters. The Hall–Kier alpha value is -2.06. The molecule has 1 atom stereocenters. The fourth-order valence-corrected chi connectivity index (χ4v) is 1.86. The number of esters is 1. The van der Waals surface area contributed by atoms with Crippen LogP contribution in [0.4, 0.5) is 0 Å². The Morgan fingerprint density at radius 1 is 1.33 bits per heavy atom. The van der Waals surface area contributed by atoms with Crippen LogP contribution in [0.15, 0.2) is 24.3 Å². The zero-order valence-corrected chi connectivity index (χ0v) is 12.7. The Morgan fingerprint density at radius 2 is 1.95 bits per heavy atom. The molecule has 1 N–H and O–H groups in total. The highest BCUT2D eigenvalue weighted by atomic mass is 35.5. The summed E-state index contributed by atoms with van der Waals surface area (Å²) >= 11 is 5.76. The Kier molecular flexibility index (Phi) is 6.70. The zero-order chi connectivity index (χ0) is 15.8. The van der Waals surface area contributed by atoms with E-state index in [4.69, 9.17) is 21.6 Å². The summed E-state index contributed by atoms with van der Waals surface area (Å²) < 4.78 is 4.77. The molecule has 0 spiro atoms. The third-order valence-electron chi connectivity index (χ3n) is 2.68. The van der Waals surface area contributed by atoms with Crippen LogP contribution in [0.2, 0.25) is 5.02 Å². The van der Waals surface area contributed by atoms with Gasteiger partial charge >= 0.3 is 5.97 Å². The van der Waals surface area contributed by atoms with Gasteiger partial charge in [0.25, 0.3) is 5.91 Å². The van der Waals surface area contributed by atoms with Crippen molar-refractivity contribution in [1.82, 2.24) is 5.32 Å². The van der Waals surface area contributed by atoms with E-state index in [0.717, 1.165) is 0 Å². The van der Waals surface area contributed by atoms with Gasteiger partial charge in [-0.1, -0.05) is 25.4 Å². The van der Waals surface area contributed by atoms with Crippen LogP contribution in [0.5, 0.6) is 0 Å². The number of ether oxygens (including phenoxy) is 1. The van der Waals surface area contributed by atoms with Crippen LogP contribution in [0, 0.1) is 17.2 Å². The van der Waals surface area contributed by atoms with Gasteiger partial charge in [0, 0.05) is 10.6 Å². The number of halogens is 1. The molecule has 1 rings (SSSR count). The van der Waals surface area contributed by atoms with E-state index >= 15 is 0 Å². The molecular weight excluding hydrogens is 292 g/mol. The quantitative estimate of drug-likeness (QED) is 0.819. The second-order valence-corrected chi connectivity index (χ2v) is 5.36. The molecule has 1 amide bonds. The van der Waals surface area contributed by atoms with Crippen LogP contribution in [-0.4, -0.2) is 24.5 Å². The molecule has 112 valence electrons. The summed E-state index contributed by atoms with van der Waals surface area (Å²) in [5, 5.41) is 11.6. The monoisotopic (exact) mass is 308 g/mol. The number of nitriles is 1. The minimum Gasteiger partial charge on any atom is -0.449 e. The molecule has 0 aliphatic heterocycles. The van der Waals surface area contributed by atoms with Gasteiger partial charge in [0.05, 0.1) is 0 Å². The summed E-state index contributed by atoms with van der Waals surface area (Å²) in [6.07, 6.45) is 0.434. The van der Waals surface area contributed by atoms with Crippen LogP contribution in [0.1, 0.15) is 30.6 Å². The van der Waals surface area contributed by atoms with E-state index in [2.05, 4.69) is 5.32 Å². The molecule has 6 heteroatoms. The van der Waals surface area contributed by atoms with Gasteiger partial charge in [-0.2, -0.15) is 5.26 Å². The van der Waals surface area contributed by atoms with Crippen LogP contribution in [-0.2, 0) is 9.53 Å². The fourth-order valence-electron chi connectivity index (χ4n) is 1.73. The molecule has 0 saturated heterocycles. The number of hydrogen-bond acceptors (Lipinski definition) is 4. The van der Waals surface area contributed by atoms with Crippen molar-refractivity contribution in [1.29, 1.82) is 5.26 Å². The summed E-state index contributed by atoms with van der Waals surface area (Å²) in [5.41, 5.74) is 0.404. The summed E-state index contributed by atoms with van der Waals surface area (Å²) in [6, 6.07) is 7.30. The maximum absolute atomic E-state index is 12.1. The van der Waals surface area contributed by atoms with Crippen molar-refractivity contribution >= 4 is 23.5 Å². The van der Waals surface area contributed by atoms with Gasteiger partial charge in [-0.25, -0.2) is 4.79 Å². The molecule has 1 aromatic carbocycles. The van der Waals surface area contributed by atoms with E-state index in [1.54, 1.807) is 30.3 Å². The van der Waals surface area contributed by atoms with Crippen molar-refractivity contribution in [3.8, 4) is 6.07 Å². The molecule has 0 aliphatic rings. The summed E-state index contributed by atoms with van der Waals surface area (Å²) in [4.78, 5) is 23.9. The number of rotatable bonds is 6. The first-order valence-corrected chi connectivity index (χ1v) is 6.92. The fraction of sp³-hybridized carbons (Fsp3) is 0.400. The van der Waals surface area contributed by atoms with Gasteiger partial charge in [0.2, 0.25) is 0 Å². The highest BCUT2D eigenvalue weighted by molar-refractivity contribution is 6.30. The predicted molar refractivity (Wildman–Crippen MR) is 78.7 cm³/mol. The lowest BCUT2D eigenvalue weighted by atomic mass is 10.0. The van der Waals surface area contributed by atoms with Crippen molar-refractivity contribution in [2.75, 3.05) is 6.61 Å². The highest BCUT2D eigenvalue weighted by Gasteiger charge is 2.23. The minimum absolute atomic E-state index is 0.190. The Bertz CT molecular complexity index is 535.